The molecule has 4 aliphatic carbocycles. The second-order valence-corrected chi connectivity index (χ2v) is 7.57. The first kappa shape index (κ1) is 13.8. The van der Waals surface area contributed by atoms with Gasteiger partial charge in [0.1, 0.15) is 0 Å². The lowest BCUT2D eigenvalue weighted by Crippen LogP contribution is -2.43. The van der Waals surface area contributed by atoms with Gasteiger partial charge in [-0.15, -0.1) is 0 Å². The normalized spacial score (nSPS) is 42.3. The van der Waals surface area contributed by atoms with Crippen LogP contribution in [0.5, 0.6) is 0 Å². The molecule has 21 heavy (non-hydrogen) atoms. The number of hydrogen-bond acceptors (Lipinski definition) is 2. The molecule has 0 unspecified atom stereocenters. The SMILES string of the molecule is CC[C@]12CCC3=C4CCC(=O)C=C4CC[C@H]3[C@@H]1CC[C@@H]2O. The number of carbonyl (C=O) groups excluding carboxylic acids is 1. The van der Waals surface area contributed by atoms with Gasteiger partial charge in [0.25, 0.3) is 0 Å². The topological polar surface area (TPSA) is 37.3 Å². The van der Waals surface area contributed by atoms with E-state index in [1.54, 1.807) is 5.57 Å². The van der Waals surface area contributed by atoms with Crippen LogP contribution in [0.15, 0.2) is 22.8 Å². The molecule has 4 aliphatic rings. The van der Waals surface area contributed by atoms with Gasteiger partial charge in [-0.1, -0.05) is 12.5 Å². The van der Waals surface area contributed by atoms with Crippen molar-refractivity contribution in [1.82, 2.24) is 0 Å². The lowest BCUT2D eigenvalue weighted by molar-refractivity contribution is -0.114. The second kappa shape index (κ2) is 4.81. The summed E-state index contributed by atoms with van der Waals surface area (Å²) in [4.78, 5) is 11.7. The third kappa shape index (κ3) is 1.84. The summed E-state index contributed by atoms with van der Waals surface area (Å²) in [5, 5.41) is 10.6. The van der Waals surface area contributed by atoms with Crippen LogP contribution in [0.1, 0.15) is 64.7 Å². The van der Waals surface area contributed by atoms with Gasteiger partial charge in [-0.2, -0.15) is 0 Å². The zero-order valence-corrected chi connectivity index (χ0v) is 13.0. The fourth-order valence-corrected chi connectivity index (χ4v) is 6.00. The maximum atomic E-state index is 11.7. The van der Waals surface area contributed by atoms with E-state index in [9.17, 15) is 9.90 Å². The van der Waals surface area contributed by atoms with Gasteiger partial charge in [0.15, 0.2) is 5.78 Å². The molecule has 0 saturated heterocycles. The quantitative estimate of drug-likeness (QED) is 0.792. The number of hydrogen-bond donors (Lipinski definition) is 1. The van der Waals surface area contributed by atoms with E-state index in [4.69, 9.17) is 0 Å². The molecule has 2 heteroatoms. The van der Waals surface area contributed by atoms with E-state index in [-0.39, 0.29) is 11.5 Å². The van der Waals surface area contributed by atoms with Gasteiger partial charge in [0.2, 0.25) is 0 Å². The van der Waals surface area contributed by atoms with E-state index >= 15 is 0 Å². The Hall–Kier alpha value is -0.890. The third-order valence-corrected chi connectivity index (χ3v) is 7.06. The Bertz CT molecular complexity index is 542. The Morgan fingerprint density at radius 3 is 2.86 bits per heavy atom. The minimum atomic E-state index is -0.0797. The minimum absolute atomic E-state index is 0.0797. The smallest absolute Gasteiger partial charge is 0.156 e. The first-order chi connectivity index (χ1) is 10.2. The van der Waals surface area contributed by atoms with Gasteiger partial charge in [0, 0.05) is 6.42 Å². The molecule has 0 amide bonds. The van der Waals surface area contributed by atoms with Crippen LogP contribution in [0.2, 0.25) is 0 Å². The van der Waals surface area contributed by atoms with E-state index in [1.165, 1.54) is 24.0 Å². The summed E-state index contributed by atoms with van der Waals surface area (Å²) in [5.41, 5.74) is 4.75. The van der Waals surface area contributed by atoms with Crippen molar-refractivity contribution < 1.29 is 9.90 Å². The largest absolute Gasteiger partial charge is 0.393 e. The highest BCUT2D eigenvalue weighted by Gasteiger charge is 2.54. The lowest BCUT2D eigenvalue weighted by Gasteiger charge is -2.49. The molecule has 0 radical (unpaired) electrons. The molecule has 2 saturated carbocycles. The number of ketones is 1. The summed E-state index contributed by atoms with van der Waals surface area (Å²) in [5.74, 6) is 1.70. The number of aliphatic hydroxyl groups excluding tert-OH is 1. The van der Waals surface area contributed by atoms with E-state index < -0.39 is 0 Å². The highest BCUT2D eigenvalue weighted by molar-refractivity contribution is 5.93. The average molecular weight is 286 g/mol. The predicted octanol–water partition coefficient (Wildman–Crippen LogP) is 3.94. The van der Waals surface area contributed by atoms with E-state index in [0.29, 0.717) is 24.0 Å². The van der Waals surface area contributed by atoms with Crippen molar-refractivity contribution in [2.24, 2.45) is 17.3 Å². The fraction of sp³-hybridized carbons (Fsp3) is 0.737. The van der Waals surface area contributed by atoms with Crippen molar-refractivity contribution in [2.45, 2.75) is 70.8 Å². The molecule has 0 bridgehead atoms. The number of allylic oxidation sites excluding steroid dienone is 4. The van der Waals surface area contributed by atoms with Gasteiger partial charge < -0.3 is 5.11 Å². The molecule has 0 aliphatic heterocycles. The Balaban J connectivity index is 1.74. The first-order valence-electron chi connectivity index (χ1n) is 8.79. The molecule has 2 nitrogen and oxygen atoms in total. The summed E-state index contributed by atoms with van der Waals surface area (Å²) in [6, 6.07) is 0. The Morgan fingerprint density at radius 2 is 2.05 bits per heavy atom. The van der Waals surface area contributed by atoms with Crippen LogP contribution in [0.3, 0.4) is 0 Å². The molecule has 0 aromatic carbocycles. The molecule has 4 rings (SSSR count). The van der Waals surface area contributed by atoms with Crippen LogP contribution in [-0.2, 0) is 4.79 Å². The van der Waals surface area contributed by atoms with Crippen molar-refractivity contribution in [1.29, 1.82) is 0 Å². The third-order valence-electron chi connectivity index (χ3n) is 7.06. The molecule has 0 heterocycles. The van der Waals surface area contributed by atoms with Crippen LogP contribution in [0.4, 0.5) is 0 Å². The number of carbonyl (C=O) groups is 1. The van der Waals surface area contributed by atoms with Gasteiger partial charge in [-0.25, -0.2) is 0 Å². The van der Waals surface area contributed by atoms with Crippen molar-refractivity contribution >= 4 is 5.78 Å². The lowest BCUT2D eigenvalue weighted by atomic mass is 9.56. The molecular weight excluding hydrogens is 260 g/mol. The summed E-state index contributed by atoms with van der Waals surface area (Å²) in [7, 11) is 0. The van der Waals surface area contributed by atoms with Crippen molar-refractivity contribution in [3.05, 3.63) is 22.8 Å². The number of rotatable bonds is 1. The molecule has 0 aromatic heterocycles. The Kier molecular flexibility index (Phi) is 3.15. The van der Waals surface area contributed by atoms with Crippen molar-refractivity contribution in [3.8, 4) is 0 Å². The summed E-state index contributed by atoms with van der Waals surface area (Å²) < 4.78 is 0. The second-order valence-electron chi connectivity index (χ2n) is 7.57. The van der Waals surface area contributed by atoms with Crippen LogP contribution in [0, 0.1) is 17.3 Å². The van der Waals surface area contributed by atoms with Crippen LogP contribution in [0.25, 0.3) is 0 Å². The summed E-state index contributed by atoms with van der Waals surface area (Å²) in [6.07, 6.45) is 11.5. The average Bonchev–Trinajstić information content (AvgIpc) is 2.84. The van der Waals surface area contributed by atoms with Crippen LogP contribution < -0.4 is 0 Å². The van der Waals surface area contributed by atoms with Gasteiger partial charge in [0.05, 0.1) is 6.10 Å². The minimum Gasteiger partial charge on any atom is -0.393 e. The van der Waals surface area contributed by atoms with Crippen LogP contribution in [-0.4, -0.2) is 17.0 Å². The molecule has 2 fully saturated rings. The molecule has 1 N–H and O–H groups in total. The highest BCUT2D eigenvalue weighted by Crippen LogP contribution is 2.61. The molecule has 4 atom stereocenters. The van der Waals surface area contributed by atoms with E-state index in [2.05, 4.69) is 6.92 Å². The summed E-state index contributed by atoms with van der Waals surface area (Å²) in [6.45, 7) is 2.27. The molecule has 0 aromatic rings. The monoisotopic (exact) mass is 286 g/mol. The van der Waals surface area contributed by atoms with E-state index in [0.717, 1.165) is 38.5 Å². The standard InChI is InChI=1S/C19H26O2/c1-2-19-10-9-15-14-6-4-13(20)11-12(14)3-5-16(15)17(19)7-8-18(19)21/h11,16-18,21H,2-10H2,1H3/t16-,17+,18+,19+/m1/s1. The molecule has 114 valence electrons. The van der Waals surface area contributed by atoms with Gasteiger partial charge in [-0.05, 0) is 85.8 Å². The number of fused-ring (bicyclic) bond motifs is 4. The first-order valence-corrected chi connectivity index (χ1v) is 8.79. The molecular formula is C19H26O2. The highest BCUT2D eigenvalue weighted by atomic mass is 16.3. The fourth-order valence-electron chi connectivity index (χ4n) is 6.00. The van der Waals surface area contributed by atoms with Crippen LogP contribution >= 0.6 is 0 Å². The maximum absolute atomic E-state index is 11.7. The molecule has 0 spiro atoms. The number of aliphatic hydroxyl groups is 1. The Labute approximate surface area is 127 Å². The zero-order chi connectivity index (χ0) is 14.6. The van der Waals surface area contributed by atoms with Gasteiger partial charge >= 0.3 is 0 Å². The zero-order valence-electron chi connectivity index (χ0n) is 13.0. The van der Waals surface area contributed by atoms with Crippen molar-refractivity contribution in [3.63, 3.8) is 0 Å². The predicted molar refractivity (Wildman–Crippen MR) is 82.8 cm³/mol. The van der Waals surface area contributed by atoms with Crippen molar-refractivity contribution in [2.75, 3.05) is 0 Å². The Morgan fingerprint density at radius 1 is 1.19 bits per heavy atom. The van der Waals surface area contributed by atoms with E-state index in [1.807, 2.05) is 6.08 Å². The van der Waals surface area contributed by atoms with Gasteiger partial charge in [-0.3, -0.25) is 4.79 Å². The summed E-state index contributed by atoms with van der Waals surface area (Å²) >= 11 is 0. The maximum Gasteiger partial charge on any atom is 0.156 e.